The summed E-state index contributed by atoms with van der Waals surface area (Å²) in [6.45, 7) is 5.40. The first kappa shape index (κ1) is 15.2. The van der Waals surface area contributed by atoms with Gasteiger partial charge in [0.1, 0.15) is 0 Å². The molecule has 1 aromatic rings. The largest absolute Gasteiger partial charge is 0.388 e. The van der Waals surface area contributed by atoms with Crippen LogP contribution < -0.4 is 4.90 Å². The molecule has 0 amide bonds. The van der Waals surface area contributed by atoms with Gasteiger partial charge in [-0.25, -0.2) is 0 Å². The first-order valence-electron chi connectivity index (χ1n) is 6.68. The van der Waals surface area contributed by atoms with E-state index in [0.717, 1.165) is 13.1 Å². The molecule has 0 aromatic carbocycles. The quantitative estimate of drug-likeness (QED) is 0.681. The molecule has 6 nitrogen and oxygen atoms in total. The van der Waals surface area contributed by atoms with E-state index in [1.807, 2.05) is 14.1 Å². The normalized spacial score (nSPS) is 24.4. The summed E-state index contributed by atoms with van der Waals surface area (Å²) in [6.07, 6.45) is -0.669. The minimum atomic E-state index is -0.669. The number of aliphatic hydroxyl groups is 1. The molecule has 1 aromatic heterocycles. The number of nitrogens with zero attached hydrogens (tertiary/aromatic N) is 3. The monoisotopic (exact) mass is 299 g/mol. The molecule has 1 N–H and O–H groups in total. The fraction of sp³-hybridized carbons (Fsp3) is 0.692. The predicted molar refractivity (Wildman–Crippen MR) is 80.5 cm³/mol. The van der Waals surface area contributed by atoms with Crippen LogP contribution in [0.2, 0.25) is 0 Å². The van der Waals surface area contributed by atoms with E-state index in [4.69, 9.17) is 0 Å². The second-order valence-corrected chi connectivity index (χ2v) is 6.75. The Kier molecular flexibility index (Phi) is 4.31. The van der Waals surface area contributed by atoms with Gasteiger partial charge >= 0.3 is 5.69 Å². The van der Waals surface area contributed by atoms with Crippen LogP contribution in [-0.4, -0.2) is 48.2 Å². The lowest BCUT2D eigenvalue weighted by atomic mass is 10.1. The van der Waals surface area contributed by atoms with Gasteiger partial charge in [0, 0.05) is 30.1 Å². The highest BCUT2D eigenvalue weighted by atomic mass is 32.1. The molecular weight excluding hydrogens is 278 g/mol. The summed E-state index contributed by atoms with van der Waals surface area (Å²) >= 11 is 1.32. The summed E-state index contributed by atoms with van der Waals surface area (Å²) in [4.78, 5) is 15.7. The zero-order valence-corrected chi connectivity index (χ0v) is 13.1. The summed E-state index contributed by atoms with van der Waals surface area (Å²) < 4.78 is 0. The van der Waals surface area contributed by atoms with Gasteiger partial charge in [0.05, 0.1) is 11.0 Å². The van der Waals surface area contributed by atoms with Gasteiger partial charge in [-0.1, -0.05) is 6.92 Å². The Labute approximate surface area is 122 Å². The average Bonchev–Trinajstić information content (AvgIpc) is 2.91. The van der Waals surface area contributed by atoms with Crippen molar-refractivity contribution in [3.8, 4) is 0 Å². The molecule has 7 heteroatoms. The minimum Gasteiger partial charge on any atom is -0.388 e. The predicted octanol–water partition coefficient (Wildman–Crippen LogP) is 2.10. The van der Waals surface area contributed by atoms with E-state index in [0.29, 0.717) is 21.8 Å². The molecule has 20 heavy (non-hydrogen) atoms. The van der Waals surface area contributed by atoms with Gasteiger partial charge in [-0.15, -0.1) is 11.3 Å². The van der Waals surface area contributed by atoms with E-state index in [1.54, 1.807) is 6.92 Å². The van der Waals surface area contributed by atoms with Crippen molar-refractivity contribution >= 4 is 22.0 Å². The summed E-state index contributed by atoms with van der Waals surface area (Å²) in [5, 5.41) is 21.5. The van der Waals surface area contributed by atoms with Gasteiger partial charge in [0.2, 0.25) is 0 Å². The second-order valence-electron chi connectivity index (χ2n) is 5.69. The Bertz CT molecular complexity index is 501. The smallest absolute Gasteiger partial charge is 0.304 e. The van der Waals surface area contributed by atoms with Gasteiger partial charge in [0.25, 0.3) is 0 Å². The van der Waals surface area contributed by atoms with Crippen LogP contribution in [0.1, 0.15) is 24.8 Å². The van der Waals surface area contributed by atoms with E-state index < -0.39 is 6.10 Å². The maximum absolute atomic E-state index is 11.2. The maximum atomic E-state index is 11.2. The molecule has 0 aliphatic carbocycles. The van der Waals surface area contributed by atoms with Crippen LogP contribution in [0.5, 0.6) is 0 Å². The van der Waals surface area contributed by atoms with Crippen molar-refractivity contribution in [2.24, 2.45) is 5.92 Å². The molecular formula is C13H21N3O3S. The standard InChI is InChI=1S/C13H21N3O3S/c1-8-6-15(7-11(8)14(3)4)13-10(16(18)19)5-12(20-13)9(2)17/h5,8-9,11,17H,6-7H2,1-4H3/t8?,9-,11?/m1/s1. The fourth-order valence-electron chi connectivity index (χ4n) is 2.74. The van der Waals surface area contributed by atoms with Crippen molar-refractivity contribution in [2.45, 2.75) is 26.0 Å². The number of anilines is 1. The lowest BCUT2D eigenvalue weighted by Gasteiger charge is -2.22. The highest BCUT2D eigenvalue weighted by Gasteiger charge is 2.35. The third-order valence-electron chi connectivity index (χ3n) is 3.84. The van der Waals surface area contributed by atoms with E-state index in [9.17, 15) is 15.2 Å². The summed E-state index contributed by atoms with van der Waals surface area (Å²) in [7, 11) is 4.07. The lowest BCUT2D eigenvalue weighted by Crippen LogP contribution is -2.34. The molecule has 3 atom stereocenters. The number of thiophene rings is 1. The number of hydrogen-bond donors (Lipinski definition) is 1. The topological polar surface area (TPSA) is 69.8 Å². The number of hydrogen-bond acceptors (Lipinski definition) is 6. The summed E-state index contributed by atoms with van der Waals surface area (Å²) in [5.41, 5.74) is 0.109. The Morgan fingerprint density at radius 3 is 2.65 bits per heavy atom. The van der Waals surface area contributed by atoms with Gasteiger partial charge in [-0.3, -0.25) is 10.1 Å². The highest BCUT2D eigenvalue weighted by Crippen LogP contribution is 2.42. The number of likely N-dealkylation sites (N-methyl/N-ethyl adjacent to an activating group) is 1. The molecule has 1 saturated heterocycles. The number of aliphatic hydroxyl groups excluding tert-OH is 1. The van der Waals surface area contributed by atoms with Crippen LogP contribution in [0.25, 0.3) is 0 Å². The fourth-order valence-corrected chi connectivity index (χ4v) is 3.82. The maximum Gasteiger partial charge on any atom is 0.304 e. The highest BCUT2D eigenvalue weighted by molar-refractivity contribution is 7.16. The third kappa shape index (κ3) is 2.79. The summed E-state index contributed by atoms with van der Waals surface area (Å²) in [5.74, 6) is 0.460. The van der Waals surface area contributed by atoms with Crippen molar-refractivity contribution < 1.29 is 10.0 Å². The van der Waals surface area contributed by atoms with Crippen LogP contribution in [0.4, 0.5) is 10.7 Å². The second kappa shape index (κ2) is 5.67. The number of nitro groups is 1. The zero-order valence-electron chi connectivity index (χ0n) is 12.2. The van der Waals surface area contributed by atoms with Crippen LogP contribution in [0.3, 0.4) is 0 Å². The molecule has 0 bridgehead atoms. The van der Waals surface area contributed by atoms with Gasteiger partial charge < -0.3 is 14.9 Å². The molecule has 2 heterocycles. The van der Waals surface area contributed by atoms with Crippen LogP contribution >= 0.6 is 11.3 Å². The Morgan fingerprint density at radius 2 is 2.20 bits per heavy atom. The minimum absolute atomic E-state index is 0.109. The van der Waals surface area contributed by atoms with Crippen molar-refractivity contribution in [1.82, 2.24) is 4.90 Å². The third-order valence-corrected chi connectivity index (χ3v) is 5.20. The Morgan fingerprint density at radius 1 is 1.55 bits per heavy atom. The lowest BCUT2D eigenvalue weighted by molar-refractivity contribution is -0.383. The van der Waals surface area contributed by atoms with Crippen LogP contribution in [0.15, 0.2) is 6.07 Å². The molecule has 1 fully saturated rings. The van der Waals surface area contributed by atoms with Gasteiger partial charge in [-0.05, 0) is 26.9 Å². The van der Waals surface area contributed by atoms with Gasteiger partial charge in [-0.2, -0.15) is 0 Å². The molecule has 112 valence electrons. The van der Waals surface area contributed by atoms with Gasteiger partial charge in [0.15, 0.2) is 5.00 Å². The number of rotatable bonds is 4. The molecule has 2 unspecified atom stereocenters. The first-order valence-corrected chi connectivity index (χ1v) is 7.50. The zero-order chi connectivity index (χ0) is 15.0. The van der Waals surface area contributed by atoms with Crippen molar-refractivity contribution in [2.75, 3.05) is 32.1 Å². The molecule has 2 rings (SSSR count). The first-order chi connectivity index (χ1) is 9.31. The van der Waals surface area contributed by atoms with Crippen molar-refractivity contribution in [3.63, 3.8) is 0 Å². The molecule has 0 saturated carbocycles. The average molecular weight is 299 g/mol. The molecule has 0 spiro atoms. The van der Waals surface area contributed by atoms with E-state index in [2.05, 4.69) is 16.7 Å². The Balaban J connectivity index is 2.31. The molecule has 0 radical (unpaired) electrons. The van der Waals surface area contributed by atoms with Crippen LogP contribution in [0, 0.1) is 16.0 Å². The van der Waals surface area contributed by atoms with Crippen molar-refractivity contribution in [3.05, 3.63) is 21.1 Å². The van der Waals surface area contributed by atoms with E-state index in [1.165, 1.54) is 17.4 Å². The molecule has 1 aliphatic heterocycles. The van der Waals surface area contributed by atoms with E-state index in [-0.39, 0.29) is 10.6 Å². The van der Waals surface area contributed by atoms with Crippen molar-refractivity contribution in [1.29, 1.82) is 0 Å². The SMILES string of the molecule is CC1CN(c2sc([C@@H](C)O)cc2[N+](=O)[O-])CC1N(C)C. The van der Waals surface area contributed by atoms with E-state index >= 15 is 0 Å². The molecule has 1 aliphatic rings. The Hall–Kier alpha value is -1.18. The summed E-state index contributed by atoms with van der Waals surface area (Å²) in [6, 6.07) is 1.89. The van der Waals surface area contributed by atoms with Crippen LogP contribution in [-0.2, 0) is 0 Å².